The molecule has 2 aromatic rings. The number of carboxylic acid groups (broad SMARTS) is 1. The minimum Gasteiger partial charge on any atom is -0.480 e. The molecule has 0 fully saturated rings. The molecule has 0 aliphatic carbocycles. The molecule has 0 saturated carbocycles. The first-order chi connectivity index (χ1) is 8.09. The first kappa shape index (κ1) is 11.1. The molecular weight excluding hydrogens is 228 g/mol. The Bertz CT molecular complexity index is 568. The van der Waals surface area contributed by atoms with Crippen molar-refractivity contribution < 1.29 is 14.4 Å². The van der Waals surface area contributed by atoms with E-state index in [1.54, 1.807) is 6.20 Å². The van der Waals surface area contributed by atoms with E-state index in [0.717, 1.165) is 0 Å². The molecule has 2 aromatic heterocycles. The first-order valence-corrected chi connectivity index (χ1v) is 4.78. The van der Waals surface area contributed by atoms with Gasteiger partial charge >= 0.3 is 5.97 Å². The van der Waals surface area contributed by atoms with Crippen molar-refractivity contribution in [1.82, 2.24) is 15.1 Å². The summed E-state index contributed by atoms with van der Waals surface area (Å²) in [6, 6.07) is -1.16. The van der Waals surface area contributed by atoms with E-state index in [9.17, 15) is 9.59 Å². The number of aliphatic carboxylic acids is 1. The molecule has 17 heavy (non-hydrogen) atoms. The molecule has 0 bridgehead atoms. The highest BCUT2D eigenvalue weighted by Crippen LogP contribution is 2.17. The maximum absolute atomic E-state index is 11.5. The lowest BCUT2D eigenvalue weighted by molar-refractivity contribution is -0.138. The Morgan fingerprint density at radius 3 is 3.00 bits per heavy atom. The quantitative estimate of drug-likeness (QED) is 0.556. The second kappa shape index (κ2) is 4.26. The Morgan fingerprint density at radius 1 is 1.65 bits per heavy atom. The lowest BCUT2D eigenvalue weighted by Crippen LogP contribution is -2.33. The molecule has 0 aromatic carbocycles. The normalized spacial score (nSPS) is 12.5. The van der Waals surface area contributed by atoms with E-state index in [2.05, 4.69) is 15.1 Å². The summed E-state index contributed by atoms with van der Waals surface area (Å²) in [4.78, 5) is 28.8. The van der Waals surface area contributed by atoms with E-state index in [-0.39, 0.29) is 17.7 Å². The van der Waals surface area contributed by atoms with E-state index in [1.807, 2.05) is 0 Å². The van der Waals surface area contributed by atoms with Gasteiger partial charge in [0.25, 0.3) is 5.56 Å². The molecular formula is C9H10N4O4. The smallest absolute Gasteiger partial charge is 0.320 e. The third-order valence-corrected chi connectivity index (χ3v) is 2.25. The zero-order valence-corrected chi connectivity index (χ0v) is 8.64. The van der Waals surface area contributed by atoms with Crippen LogP contribution in [0.25, 0.3) is 11.6 Å². The number of aromatic amines is 2. The number of rotatable bonds is 4. The molecule has 90 valence electrons. The Balaban J connectivity index is 2.37. The molecule has 1 atom stereocenters. The van der Waals surface area contributed by atoms with Crippen LogP contribution < -0.4 is 11.3 Å². The van der Waals surface area contributed by atoms with Crippen LogP contribution >= 0.6 is 0 Å². The molecule has 0 aliphatic heterocycles. The standard InChI is InChI=1S/C9H10N4O4/c10-5(9(15)16)3-4-6(17-13-8(4)14)7-11-1-2-12-7/h1-2,5H,3,10H2,(H,11,12)(H,13,14)(H,15,16)/t5-/m0/s1. The summed E-state index contributed by atoms with van der Waals surface area (Å²) in [5.41, 5.74) is 5.03. The highest BCUT2D eigenvalue weighted by molar-refractivity contribution is 5.74. The molecule has 5 N–H and O–H groups in total. The van der Waals surface area contributed by atoms with Gasteiger partial charge in [-0.15, -0.1) is 0 Å². The van der Waals surface area contributed by atoms with Crippen molar-refractivity contribution >= 4 is 5.97 Å². The summed E-state index contributed by atoms with van der Waals surface area (Å²) in [6.07, 6.45) is 2.92. The Kier molecular flexibility index (Phi) is 2.79. The predicted octanol–water partition coefficient (Wildman–Crippen LogP) is -0.688. The molecule has 0 amide bonds. The van der Waals surface area contributed by atoms with E-state index >= 15 is 0 Å². The monoisotopic (exact) mass is 238 g/mol. The van der Waals surface area contributed by atoms with E-state index in [1.165, 1.54) is 6.20 Å². The molecule has 8 heteroatoms. The number of carbonyl (C=O) groups is 1. The first-order valence-electron chi connectivity index (χ1n) is 4.78. The Labute approximate surface area is 94.4 Å². The fraction of sp³-hybridized carbons (Fsp3) is 0.222. The number of nitrogens with one attached hydrogen (secondary N) is 2. The maximum atomic E-state index is 11.5. The Hall–Kier alpha value is -2.35. The van der Waals surface area contributed by atoms with Crippen molar-refractivity contribution in [3.05, 3.63) is 28.3 Å². The second-order valence-corrected chi connectivity index (χ2v) is 3.43. The van der Waals surface area contributed by atoms with Gasteiger partial charge in [0.05, 0.1) is 5.56 Å². The minimum atomic E-state index is -1.18. The van der Waals surface area contributed by atoms with Crippen molar-refractivity contribution in [3.8, 4) is 11.6 Å². The van der Waals surface area contributed by atoms with Gasteiger partial charge in [0, 0.05) is 18.8 Å². The number of nitrogens with zero attached hydrogens (tertiary/aromatic N) is 1. The number of aromatic nitrogens is 3. The van der Waals surface area contributed by atoms with E-state index in [0.29, 0.717) is 5.82 Å². The van der Waals surface area contributed by atoms with Gasteiger partial charge in [0.2, 0.25) is 5.76 Å². The van der Waals surface area contributed by atoms with Crippen LogP contribution in [0.15, 0.2) is 21.7 Å². The molecule has 0 unspecified atom stereocenters. The van der Waals surface area contributed by atoms with Gasteiger partial charge in [0.15, 0.2) is 5.82 Å². The van der Waals surface area contributed by atoms with Gasteiger partial charge in [-0.25, -0.2) is 4.98 Å². The van der Waals surface area contributed by atoms with E-state index in [4.69, 9.17) is 15.4 Å². The van der Waals surface area contributed by atoms with Crippen LogP contribution in [-0.2, 0) is 11.2 Å². The van der Waals surface area contributed by atoms with Gasteiger partial charge in [-0.1, -0.05) is 0 Å². The van der Waals surface area contributed by atoms with Gasteiger partial charge in [-0.3, -0.25) is 9.59 Å². The number of hydrogen-bond donors (Lipinski definition) is 4. The fourth-order valence-corrected chi connectivity index (χ4v) is 1.40. The number of nitrogens with two attached hydrogens (primary N) is 1. The summed E-state index contributed by atoms with van der Waals surface area (Å²) >= 11 is 0. The van der Waals surface area contributed by atoms with Crippen LogP contribution in [0.1, 0.15) is 5.56 Å². The third kappa shape index (κ3) is 2.11. The number of imidazole rings is 1. The van der Waals surface area contributed by atoms with Crippen molar-refractivity contribution in [2.45, 2.75) is 12.5 Å². The predicted molar refractivity (Wildman–Crippen MR) is 56.2 cm³/mol. The number of H-pyrrole nitrogens is 2. The van der Waals surface area contributed by atoms with E-state index < -0.39 is 17.6 Å². The molecule has 0 radical (unpaired) electrons. The molecule has 0 aliphatic rings. The Morgan fingerprint density at radius 2 is 2.41 bits per heavy atom. The van der Waals surface area contributed by atoms with Crippen LogP contribution in [-0.4, -0.2) is 32.2 Å². The number of carboxylic acids is 1. The lowest BCUT2D eigenvalue weighted by Gasteiger charge is -2.03. The van der Waals surface area contributed by atoms with Gasteiger partial charge in [-0.05, 0) is 0 Å². The van der Waals surface area contributed by atoms with Gasteiger partial charge in [-0.2, -0.15) is 5.16 Å². The van der Waals surface area contributed by atoms with Crippen molar-refractivity contribution in [2.75, 3.05) is 0 Å². The van der Waals surface area contributed by atoms with Crippen molar-refractivity contribution in [3.63, 3.8) is 0 Å². The fourth-order valence-electron chi connectivity index (χ4n) is 1.40. The van der Waals surface area contributed by atoms with Gasteiger partial charge in [0.1, 0.15) is 6.04 Å². The van der Waals surface area contributed by atoms with Crippen molar-refractivity contribution in [1.29, 1.82) is 0 Å². The highest BCUT2D eigenvalue weighted by atomic mass is 16.5. The molecule has 2 rings (SSSR count). The van der Waals surface area contributed by atoms with Crippen LogP contribution in [0.3, 0.4) is 0 Å². The topological polar surface area (TPSA) is 138 Å². The zero-order chi connectivity index (χ0) is 12.4. The average Bonchev–Trinajstić information content (AvgIpc) is 2.89. The maximum Gasteiger partial charge on any atom is 0.320 e. The van der Waals surface area contributed by atoms with Crippen LogP contribution in [0.4, 0.5) is 0 Å². The van der Waals surface area contributed by atoms with Crippen LogP contribution in [0.2, 0.25) is 0 Å². The summed E-state index contributed by atoms with van der Waals surface area (Å²) < 4.78 is 4.94. The molecule has 8 nitrogen and oxygen atoms in total. The largest absolute Gasteiger partial charge is 0.480 e. The third-order valence-electron chi connectivity index (χ3n) is 2.25. The lowest BCUT2D eigenvalue weighted by atomic mass is 10.1. The number of hydrogen-bond acceptors (Lipinski definition) is 5. The minimum absolute atomic E-state index is 0.128. The van der Waals surface area contributed by atoms with Gasteiger partial charge < -0.3 is 20.3 Å². The van der Waals surface area contributed by atoms with Crippen LogP contribution in [0.5, 0.6) is 0 Å². The summed E-state index contributed by atoms with van der Waals surface area (Å²) in [6.45, 7) is 0. The molecule has 2 heterocycles. The van der Waals surface area contributed by atoms with Crippen molar-refractivity contribution in [2.24, 2.45) is 5.73 Å². The summed E-state index contributed by atoms with van der Waals surface area (Å²) in [5, 5.41) is 10.8. The summed E-state index contributed by atoms with van der Waals surface area (Å²) in [5.74, 6) is -0.663. The highest BCUT2D eigenvalue weighted by Gasteiger charge is 2.22. The molecule has 0 saturated heterocycles. The summed E-state index contributed by atoms with van der Waals surface area (Å²) in [7, 11) is 0. The molecule has 0 spiro atoms. The zero-order valence-electron chi connectivity index (χ0n) is 8.64. The SMILES string of the molecule is N[C@@H](Cc1c(-c2ncc[nH]2)o[nH]c1=O)C(=O)O. The van der Waals surface area contributed by atoms with Crippen LogP contribution in [0, 0.1) is 0 Å². The average molecular weight is 238 g/mol. The second-order valence-electron chi connectivity index (χ2n) is 3.43.